The average molecular weight is 593 g/mol. The Morgan fingerprint density at radius 1 is 1.17 bits per heavy atom. The highest BCUT2D eigenvalue weighted by Crippen LogP contribution is 2.42. The molecule has 2 amide bonds. The molecule has 1 aliphatic carbocycles. The number of piperidine rings is 1. The lowest BCUT2D eigenvalue weighted by Crippen LogP contribution is -2.44. The molecule has 2 aromatic rings. The molecule has 1 saturated heterocycles. The summed E-state index contributed by atoms with van der Waals surface area (Å²) >= 11 is 0. The summed E-state index contributed by atoms with van der Waals surface area (Å²) in [4.78, 5) is 38.9. The number of alkyl halides is 3. The number of ketones is 1. The van der Waals surface area contributed by atoms with Gasteiger partial charge in [-0.2, -0.15) is 18.3 Å². The van der Waals surface area contributed by atoms with Gasteiger partial charge in [0.2, 0.25) is 5.91 Å². The number of carbonyl (C=O) groups is 3. The van der Waals surface area contributed by atoms with Crippen LogP contribution in [0.1, 0.15) is 97.3 Å². The maximum absolute atomic E-state index is 14.0. The lowest BCUT2D eigenvalue weighted by molar-refractivity contribution is -0.141. The van der Waals surface area contributed by atoms with Gasteiger partial charge in [-0.15, -0.1) is 0 Å². The van der Waals surface area contributed by atoms with Crippen LogP contribution in [0.4, 0.5) is 18.9 Å². The standard InChI is InChI=1S/C29H39F3N6O4/c1-28(2)16-22-25(23(39)17-28)26(29(30,31)32)35-38(22)19-8-9-20(27(33)41)21(15-19)37(18-10-12-34-13-11-18)14-6-4-3-5-7-24(40)36-42/h8-9,15,18,34,42H,3-7,10-14,16-17H2,1-2H3,(H2,33,41)(H,36,40). The molecule has 230 valence electrons. The third-order valence-corrected chi connectivity index (χ3v) is 8.04. The zero-order chi connectivity index (χ0) is 30.7. The number of anilines is 1. The fourth-order valence-electron chi connectivity index (χ4n) is 6.05. The van der Waals surface area contributed by atoms with Crippen molar-refractivity contribution >= 4 is 23.3 Å². The van der Waals surface area contributed by atoms with Gasteiger partial charge in [0, 0.05) is 25.4 Å². The summed E-state index contributed by atoms with van der Waals surface area (Å²) in [6, 6.07) is 4.77. The Balaban J connectivity index is 1.73. The fourth-order valence-corrected chi connectivity index (χ4v) is 6.05. The number of Topliss-reactive ketones (excluding diaryl/α,β-unsaturated/α-hetero) is 1. The summed E-state index contributed by atoms with van der Waals surface area (Å²) in [6.07, 6.45) is 0.162. The number of rotatable bonds is 11. The van der Waals surface area contributed by atoms with Crippen LogP contribution in [0.25, 0.3) is 5.69 Å². The number of hydrogen-bond donors (Lipinski definition) is 4. The van der Waals surface area contributed by atoms with Crippen LogP contribution < -0.4 is 21.4 Å². The summed E-state index contributed by atoms with van der Waals surface area (Å²) in [5, 5.41) is 15.9. The van der Waals surface area contributed by atoms with E-state index in [0.717, 1.165) is 45.2 Å². The quantitative estimate of drug-likeness (QED) is 0.174. The predicted molar refractivity (Wildman–Crippen MR) is 150 cm³/mol. The minimum atomic E-state index is -4.80. The Bertz CT molecular complexity index is 1320. The molecule has 0 bridgehead atoms. The van der Waals surface area contributed by atoms with Gasteiger partial charge in [-0.05, 0) is 68.8 Å². The largest absolute Gasteiger partial charge is 0.435 e. The summed E-state index contributed by atoms with van der Waals surface area (Å²) in [5.41, 5.74) is 6.59. The molecule has 0 saturated carbocycles. The topological polar surface area (TPSA) is 143 Å². The van der Waals surface area contributed by atoms with Gasteiger partial charge >= 0.3 is 6.18 Å². The Morgan fingerprint density at radius 3 is 2.50 bits per heavy atom. The molecular weight excluding hydrogens is 553 g/mol. The lowest BCUT2D eigenvalue weighted by atomic mass is 9.75. The molecule has 10 nitrogen and oxygen atoms in total. The maximum atomic E-state index is 14.0. The molecule has 13 heteroatoms. The Labute approximate surface area is 242 Å². The van der Waals surface area contributed by atoms with E-state index in [2.05, 4.69) is 15.3 Å². The zero-order valence-corrected chi connectivity index (χ0v) is 24.0. The molecule has 2 aliphatic rings. The van der Waals surface area contributed by atoms with Crippen LogP contribution in [0.5, 0.6) is 0 Å². The van der Waals surface area contributed by atoms with Crippen LogP contribution in [0.2, 0.25) is 0 Å². The van der Waals surface area contributed by atoms with Crippen molar-refractivity contribution in [1.29, 1.82) is 0 Å². The van der Waals surface area contributed by atoms with Crippen molar-refractivity contribution in [2.75, 3.05) is 24.5 Å². The Kier molecular flexibility index (Phi) is 9.61. The van der Waals surface area contributed by atoms with E-state index in [9.17, 15) is 27.6 Å². The number of halogens is 3. The van der Waals surface area contributed by atoms with Crippen molar-refractivity contribution in [1.82, 2.24) is 20.6 Å². The summed E-state index contributed by atoms with van der Waals surface area (Å²) in [6.45, 7) is 5.81. The molecule has 1 aromatic heterocycles. The minimum absolute atomic E-state index is 0.00516. The van der Waals surface area contributed by atoms with E-state index >= 15 is 0 Å². The van der Waals surface area contributed by atoms with Crippen LogP contribution in [0.15, 0.2) is 18.2 Å². The average Bonchev–Trinajstić information content (AvgIpc) is 3.32. The molecule has 0 radical (unpaired) electrons. The number of benzene rings is 1. The fraction of sp³-hybridized carbons (Fsp3) is 0.586. The number of hydrogen-bond acceptors (Lipinski definition) is 7. The molecule has 0 unspecified atom stereocenters. The molecule has 2 heterocycles. The second-order valence-corrected chi connectivity index (χ2v) is 12.0. The second kappa shape index (κ2) is 12.8. The molecular formula is C29H39F3N6O4. The van der Waals surface area contributed by atoms with Crippen LogP contribution in [0.3, 0.4) is 0 Å². The van der Waals surface area contributed by atoms with E-state index in [-0.39, 0.29) is 42.1 Å². The first-order chi connectivity index (χ1) is 19.8. The third kappa shape index (κ3) is 7.12. The molecule has 0 atom stereocenters. The number of carbonyl (C=O) groups excluding carboxylic acids is 3. The van der Waals surface area contributed by atoms with Crippen LogP contribution in [-0.2, 0) is 17.4 Å². The number of aromatic nitrogens is 2. The van der Waals surface area contributed by atoms with Crippen LogP contribution >= 0.6 is 0 Å². The molecule has 42 heavy (non-hydrogen) atoms. The number of primary amides is 1. The first kappa shape index (κ1) is 31.5. The third-order valence-electron chi connectivity index (χ3n) is 8.04. The molecule has 5 N–H and O–H groups in total. The normalized spacial score (nSPS) is 17.1. The minimum Gasteiger partial charge on any atom is -0.368 e. The van der Waals surface area contributed by atoms with Crippen molar-refractivity contribution in [3.05, 3.63) is 40.7 Å². The number of hydroxylamine groups is 1. The van der Waals surface area contributed by atoms with E-state index in [1.54, 1.807) is 11.5 Å². The van der Waals surface area contributed by atoms with E-state index in [4.69, 9.17) is 10.9 Å². The predicted octanol–water partition coefficient (Wildman–Crippen LogP) is 4.16. The highest BCUT2D eigenvalue weighted by atomic mass is 19.4. The van der Waals surface area contributed by atoms with Gasteiger partial charge in [-0.25, -0.2) is 10.2 Å². The summed E-state index contributed by atoms with van der Waals surface area (Å²) in [5.74, 6) is -1.67. The highest BCUT2D eigenvalue weighted by molar-refractivity contribution is 6.01. The van der Waals surface area contributed by atoms with E-state index in [1.165, 1.54) is 16.8 Å². The van der Waals surface area contributed by atoms with Gasteiger partial charge in [-0.3, -0.25) is 19.6 Å². The van der Waals surface area contributed by atoms with Crippen LogP contribution in [0, 0.1) is 5.41 Å². The second-order valence-electron chi connectivity index (χ2n) is 12.0. The number of nitrogens with two attached hydrogens (primary N) is 1. The van der Waals surface area contributed by atoms with Gasteiger partial charge in [0.25, 0.3) is 5.91 Å². The van der Waals surface area contributed by atoms with Crippen molar-refractivity contribution in [2.45, 2.75) is 83.9 Å². The van der Waals surface area contributed by atoms with Gasteiger partial charge in [-0.1, -0.05) is 26.7 Å². The monoisotopic (exact) mass is 592 g/mol. The maximum Gasteiger partial charge on any atom is 0.435 e. The smallest absolute Gasteiger partial charge is 0.368 e. The van der Waals surface area contributed by atoms with Gasteiger partial charge < -0.3 is 16.0 Å². The molecule has 1 aromatic carbocycles. The van der Waals surface area contributed by atoms with Gasteiger partial charge in [0.1, 0.15) is 0 Å². The van der Waals surface area contributed by atoms with Gasteiger partial charge in [0.05, 0.1) is 28.2 Å². The number of amides is 2. The molecule has 4 rings (SSSR count). The first-order valence-electron chi connectivity index (χ1n) is 14.4. The molecule has 1 fully saturated rings. The highest BCUT2D eigenvalue weighted by Gasteiger charge is 2.45. The zero-order valence-electron chi connectivity index (χ0n) is 24.0. The number of fused-ring (bicyclic) bond motifs is 1. The summed E-state index contributed by atoms with van der Waals surface area (Å²) < 4.78 is 43.3. The molecule has 0 spiro atoms. The number of unbranched alkanes of at least 4 members (excludes halogenated alkanes) is 3. The van der Waals surface area contributed by atoms with E-state index in [1.807, 2.05) is 13.8 Å². The van der Waals surface area contributed by atoms with Crippen LogP contribution in [-0.4, -0.2) is 58.3 Å². The Hall–Kier alpha value is -3.45. The van der Waals surface area contributed by atoms with Crippen molar-refractivity contribution in [3.63, 3.8) is 0 Å². The first-order valence-corrected chi connectivity index (χ1v) is 14.4. The Morgan fingerprint density at radius 2 is 1.86 bits per heavy atom. The van der Waals surface area contributed by atoms with Gasteiger partial charge in [0.15, 0.2) is 11.5 Å². The van der Waals surface area contributed by atoms with Crippen molar-refractivity contribution in [3.8, 4) is 5.69 Å². The van der Waals surface area contributed by atoms with Crippen molar-refractivity contribution < 1.29 is 32.8 Å². The number of nitrogens with zero attached hydrogens (tertiary/aromatic N) is 3. The van der Waals surface area contributed by atoms with E-state index < -0.39 is 34.9 Å². The molecule has 1 aliphatic heterocycles. The lowest BCUT2D eigenvalue weighted by Gasteiger charge is -2.37. The number of nitrogens with one attached hydrogen (secondary N) is 2. The SMILES string of the molecule is CC1(C)CC(=O)c2c(C(F)(F)F)nn(-c3ccc(C(N)=O)c(N(CCCCCCC(=O)NO)C4CCNCC4)c3)c2C1. The van der Waals surface area contributed by atoms with Crippen molar-refractivity contribution in [2.24, 2.45) is 11.1 Å². The summed E-state index contributed by atoms with van der Waals surface area (Å²) in [7, 11) is 0. The van der Waals surface area contributed by atoms with E-state index in [0.29, 0.717) is 24.3 Å².